The van der Waals surface area contributed by atoms with Crippen LogP contribution in [-0.4, -0.2) is 16.2 Å². The highest BCUT2D eigenvalue weighted by Crippen LogP contribution is 2.64. The summed E-state index contributed by atoms with van der Waals surface area (Å²) in [6, 6.07) is 3.23. The molecule has 1 unspecified atom stereocenters. The minimum Gasteiger partial charge on any atom is -0.507 e. The van der Waals surface area contributed by atoms with Gasteiger partial charge in [0.2, 0.25) is 0 Å². The topological polar surface area (TPSA) is 66.8 Å². The number of fused-ring (bicyclic) bond motifs is 1. The number of carbonyl (C=O) groups excluding carboxylic acids is 1. The smallest absolute Gasteiger partial charge is 0.306 e. The number of aromatic hydroxyl groups is 2. The summed E-state index contributed by atoms with van der Waals surface area (Å²) in [5, 5.41) is 21.2. The van der Waals surface area contributed by atoms with Gasteiger partial charge in [-0.1, -0.05) is 38.8 Å². The summed E-state index contributed by atoms with van der Waals surface area (Å²) in [7, 11) is 0. The van der Waals surface area contributed by atoms with Crippen LogP contribution in [0.15, 0.2) is 23.8 Å². The molecule has 3 atom stereocenters. The Morgan fingerprint density at radius 3 is 2.46 bits per heavy atom. The van der Waals surface area contributed by atoms with E-state index < -0.39 is 0 Å². The molecule has 0 spiro atoms. The van der Waals surface area contributed by atoms with E-state index in [9.17, 15) is 15.0 Å². The van der Waals surface area contributed by atoms with Gasteiger partial charge in [-0.2, -0.15) is 0 Å². The van der Waals surface area contributed by atoms with Crippen molar-refractivity contribution in [2.24, 2.45) is 17.3 Å². The van der Waals surface area contributed by atoms with Gasteiger partial charge in [-0.15, -0.1) is 0 Å². The van der Waals surface area contributed by atoms with Crippen LogP contribution in [0.3, 0.4) is 0 Å². The van der Waals surface area contributed by atoms with E-state index in [1.54, 1.807) is 12.1 Å². The lowest BCUT2D eigenvalue weighted by Crippen LogP contribution is -2.50. The molecular weight excluding hydrogens is 328 g/mol. The first kappa shape index (κ1) is 18.8. The quantitative estimate of drug-likeness (QED) is 0.552. The summed E-state index contributed by atoms with van der Waals surface area (Å²) in [6.45, 7) is 8.78. The van der Waals surface area contributed by atoms with E-state index >= 15 is 0 Å². The number of phenols is 2. The number of carbonyl (C=O) groups is 1. The van der Waals surface area contributed by atoms with E-state index in [0.717, 1.165) is 19.3 Å². The van der Waals surface area contributed by atoms with Crippen LogP contribution in [0.5, 0.6) is 11.5 Å². The molecule has 3 aliphatic rings. The predicted molar refractivity (Wildman–Crippen MR) is 101 cm³/mol. The van der Waals surface area contributed by atoms with Crippen molar-refractivity contribution in [3.63, 3.8) is 0 Å². The van der Waals surface area contributed by atoms with Crippen molar-refractivity contribution in [1.82, 2.24) is 0 Å². The Morgan fingerprint density at radius 1 is 1.27 bits per heavy atom. The summed E-state index contributed by atoms with van der Waals surface area (Å²) < 4.78 is 5.23. The van der Waals surface area contributed by atoms with E-state index in [4.69, 9.17) is 4.74 Å². The molecule has 26 heavy (non-hydrogen) atoms. The fourth-order valence-electron chi connectivity index (χ4n) is 4.80. The minimum absolute atomic E-state index is 0.0242. The Balaban J connectivity index is 1.78. The normalized spacial score (nSPS) is 26.0. The molecule has 0 saturated heterocycles. The fourth-order valence-corrected chi connectivity index (χ4v) is 4.80. The number of rotatable bonds is 6. The highest BCUT2D eigenvalue weighted by molar-refractivity contribution is 5.69. The molecule has 0 aromatic heterocycles. The van der Waals surface area contributed by atoms with Gasteiger partial charge in [0.15, 0.2) is 0 Å². The van der Waals surface area contributed by atoms with E-state index in [0.29, 0.717) is 29.4 Å². The number of ether oxygens (including phenoxy) is 1. The first-order valence-corrected chi connectivity index (χ1v) is 9.64. The Labute approximate surface area is 155 Å². The molecule has 3 aliphatic carbocycles. The van der Waals surface area contributed by atoms with E-state index in [1.165, 1.54) is 5.57 Å². The van der Waals surface area contributed by atoms with Crippen molar-refractivity contribution in [2.75, 3.05) is 0 Å². The van der Waals surface area contributed by atoms with Gasteiger partial charge in [0, 0.05) is 17.9 Å². The molecule has 1 fully saturated rings. The average Bonchev–Trinajstić information content (AvgIpc) is 2.56. The molecule has 2 N–H and O–H groups in total. The third-order valence-electron chi connectivity index (χ3n) is 6.43. The number of benzene rings is 1. The van der Waals surface area contributed by atoms with Gasteiger partial charge in [0.1, 0.15) is 18.1 Å². The maximum Gasteiger partial charge on any atom is 0.306 e. The number of esters is 1. The van der Waals surface area contributed by atoms with Crippen LogP contribution >= 0.6 is 0 Å². The summed E-state index contributed by atoms with van der Waals surface area (Å²) >= 11 is 0. The summed E-state index contributed by atoms with van der Waals surface area (Å²) in [6.07, 6.45) is 5.45. The molecular formula is C22H30O4. The summed E-state index contributed by atoms with van der Waals surface area (Å²) in [5.41, 5.74) is 2.74. The zero-order chi connectivity index (χ0) is 19.1. The molecule has 4 rings (SSSR count). The van der Waals surface area contributed by atoms with Gasteiger partial charge < -0.3 is 14.9 Å². The lowest BCUT2D eigenvalue weighted by molar-refractivity contribution is -0.145. The Morgan fingerprint density at radius 2 is 1.92 bits per heavy atom. The first-order valence-electron chi connectivity index (χ1n) is 9.64. The highest BCUT2D eigenvalue weighted by atomic mass is 16.5. The minimum atomic E-state index is -0.247. The van der Waals surface area contributed by atoms with Crippen molar-refractivity contribution in [1.29, 1.82) is 0 Å². The second-order valence-corrected chi connectivity index (χ2v) is 8.46. The number of allylic oxidation sites excluding steroid dienone is 2. The van der Waals surface area contributed by atoms with Crippen LogP contribution in [0.1, 0.15) is 70.4 Å². The standard InChI is InChI=1S/C22H30O4/c1-5-6-7-20(25)26-12-14-9-18(23)21(19(24)10-14)15-8-13(2)16-11-17(15)22(16,3)4/h8-10,15-17,23-24H,5-7,11-12H2,1-4H3/t15?,16-,17+/m0/s1. The molecule has 0 aliphatic heterocycles. The van der Waals surface area contributed by atoms with E-state index in [-0.39, 0.29) is 35.4 Å². The molecule has 4 heteroatoms. The zero-order valence-electron chi connectivity index (χ0n) is 16.2. The number of hydrogen-bond acceptors (Lipinski definition) is 4. The SMILES string of the molecule is CCCCC(=O)OCc1cc(O)c(C2C=C(C)[C@@H]3C[C@H]2C3(C)C)c(O)c1. The third-order valence-corrected chi connectivity index (χ3v) is 6.43. The third kappa shape index (κ3) is 3.22. The van der Waals surface area contributed by atoms with Crippen molar-refractivity contribution < 1.29 is 19.7 Å². The van der Waals surface area contributed by atoms with Crippen molar-refractivity contribution in [3.05, 3.63) is 34.9 Å². The maximum atomic E-state index is 11.7. The molecule has 1 aromatic carbocycles. The molecule has 0 heterocycles. The van der Waals surface area contributed by atoms with Gasteiger partial charge in [0.25, 0.3) is 0 Å². The van der Waals surface area contributed by atoms with Crippen LogP contribution in [0.4, 0.5) is 0 Å². The molecule has 1 saturated carbocycles. The molecule has 2 bridgehead atoms. The molecule has 0 radical (unpaired) electrons. The van der Waals surface area contributed by atoms with Gasteiger partial charge in [-0.05, 0) is 54.7 Å². The monoisotopic (exact) mass is 358 g/mol. The zero-order valence-corrected chi connectivity index (χ0v) is 16.2. The number of unbranched alkanes of at least 4 members (excludes halogenated alkanes) is 1. The van der Waals surface area contributed by atoms with Gasteiger partial charge >= 0.3 is 5.97 Å². The van der Waals surface area contributed by atoms with Gasteiger partial charge in [-0.25, -0.2) is 0 Å². The van der Waals surface area contributed by atoms with Crippen LogP contribution in [-0.2, 0) is 16.1 Å². The van der Waals surface area contributed by atoms with Crippen LogP contribution in [0, 0.1) is 17.3 Å². The fraction of sp³-hybridized carbons (Fsp3) is 0.591. The van der Waals surface area contributed by atoms with Gasteiger partial charge in [-0.3, -0.25) is 4.79 Å². The molecule has 1 aromatic rings. The molecule has 0 amide bonds. The molecule has 142 valence electrons. The lowest BCUT2D eigenvalue weighted by atomic mass is 9.45. The second kappa shape index (κ2) is 6.98. The average molecular weight is 358 g/mol. The first-order chi connectivity index (χ1) is 12.3. The Bertz CT molecular complexity index is 709. The van der Waals surface area contributed by atoms with Crippen LogP contribution < -0.4 is 0 Å². The predicted octanol–water partition coefficient (Wildman–Crippen LogP) is 5.04. The highest BCUT2D eigenvalue weighted by Gasteiger charge is 2.55. The summed E-state index contributed by atoms with van der Waals surface area (Å²) in [4.78, 5) is 11.7. The largest absolute Gasteiger partial charge is 0.507 e. The Kier molecular flexibility index (Phi) is 5.05. The molecule has 4 nitrogen and oxygen atoms in total. The number of phenolic OH excluding ortho intramolecular Hbond substituents is 2. The number of hydrogen-bond donors (Lipinski definition) is 2. The summed E-state index contributed by atoms with van der Waals surface area (Å²) in [5.74, 6) is 0.972. The van der Waals surface area contributed by atoms with E-state index in [2.05, 4.69) is 26.8 Å². The maximum absolute atomic E-state index is 11.7. The van der Waals surface area contributed by atoms with Crippen molar-refractivity contribution in [3.8, 4) is 11.5 Å². The lowest BCUT2D eigenvalue weighted by Gasteiger charge is -2.59. The van der Waals surface area contributed by atoms with Gasteiger partial charge in [0.05, 0.1) is 0 Å². The Hall–Kier alpha value is -1.97. The van der Waals surface area contributed by atoms with E-state index in [1.807, 2.05) is 6.92 Å². The van der Waals surface area contributed by atoms with Crippen molar-refractivity contribution in [2.45, 2.75) is 65.9 Å². The van der Waals surface area contributed by atoms with Crippen LogP contribution in [0.2, 0.25) is 0 Å². The van der Waals surface area contributed by atoms with Crippen LogP contribution in [0.25, 0.3) is 0 Å². The van der Waals surface area contributed by atoms with Crippen molar-refractivity contribution >= 4 is 5.97 Å². The second-order valence-electron chi connectivity index (χ2n) is 8.46.